The summed E-state index contributed by atoms with van der Waals surface area (Å²) >= 11 is 3.33. The minimum atomic E-state index is -0.887. The number of methoxy groups -OCH3 is 1. The maximum Gasteiger partial charge on any atom is 0.308 e. The minimum absolute atomic E-state index is 0.102. The molecule has 0 aromatic heterocycles. The molecule has 1 N–H and O–H groups in total. The number of carbonyl (C=O) groups is 3. The number of carbonyl (C=O) groups excluding carboxylic acids is 2. The third kappa shape index (κ3) is 4.72. The van der Waals surface area contributed by atoms with Gasteiger partial charge in [0.15, 0.2) is 0 Å². The minimum Gasteiger partial charge on any atom is -0.497 e. The number of nitrogens with zero attached hydrogens (tertiary/aromatic N) is 2. The molecule has 1 aliphatic heterocycles. The Bertz CT molecular complexity index is 679. The fourth-order valence-electron chi connectivity index (χ4n) is 2.78. The van der Waals surface area contributed by atoms with Crippen molar-refractivity contribution in [2.45, 2.75) is 12.8 Å². The number of likely N-dealkylation sites (tertiary alicyclic amines) is 1. The van der Waals surface area contributed by atoms with Gasteiger partial charge in [-0.3, -0.25) is 14.4 Å². The number of likely N-dealkylation sites (N-methyl/N-ethyl adjacent to an activating group) is 1. The van der Waals surface area contributed by atoms with Crippen LogP contribution in [0, 0.1) is 5.92 Å². The van der Waals surface area contributed by atoms with Crippen molar-refractivity contribution in [3.8, 4) is 5.75 Å². The highest BCUT2D eigenvalue weighted by Crippen LogP contribution is 2.24. The van der Waals surface area contributed by atoms with Crippen molar-refractivity contribution in [3.63, 3.8) is 0 Å². The summed E-state index contributed by atoms with van der Waals surface area (Å²) in [6.45, 7) is 0.612. The molecule has 8 heteroatoms. The Labute approximate surface area is 154 Å². The molecule has 25 heavy (non-hydrogen) atoms. The zero-order valence-corrected chi connectivity index (χ0v) is 15.8. The van der Waals surface area contributed by atoms with Gasteiger partial charge in [-0.15, -0.1) is 0 Å². The first-order valence-electron chi connectivity index (χ1n) is 7.93. The Balaban J connectivity index is 2.03. The molecule has 136 valence electrons. The second-order valence-corrected chi connectivity index (χ2v) is 6.88. The third-order valence-corrected chi connectivity index (χ3v) is 4.94. The number of piperidine rings is 1. The molecule has 2 amide bonds. The second kappa shape index (κ2) is 8.33. The van der Waals surface area contributed by atoms with E-state index in [0.717, 1.165) is 0 Å². The molecule has 0 saturated carbocycles. The van der Waals surface area contributed by atoms with Gasteiger partial charge in [0, 0.05) is 24.6 Å². The van der Waals surface area contributed by atoms with Gasteiger partial charge in [-0.1, -0.05) is 0 Å². The van der Waals surface area contributed by atoms with Gasteiger partial charge < -0.3 is 19.6 Å². The molecule has 2 rings (SSSR count). The molecule has 1 heterocycles. The molecular formula is C17H21BrN2O5. The number of halogens is 1. The molecular weight excluding hydrogens is 392 g/mol. The summed E-state index contributed by atoms with van der Waals surface area (Å²) in [6.07, 6.45) is 1.23. The van der Waals surface area contributed by atoms with E-state index >= 15 is 0 Å². The normalized spacial score (nSPS) is 17.1. The van der Waals surface area contributed by atoms with Gasteiger partial charge in [0.1, 0.15) is 5.75 Å². The van der Waals surface area contributed by atoms with Crippen molar-refractivity contribution in [2.75, 3.05) is 33.8 Å². The largest absolute Gasteiger partial charge is 0.497 e. The molecule has 0 aliphatic carbocycles. The van der Waals surface area contributed by atoms with Crippen LogP contribution in [-0.2, 0) is 9.59 Å². The summed E-state index contributed by atoms with van der Waals surface area (Å²) in [5, 5.41) is 9.12. The van der Waals surface area contributed by atoms with E-state index in [1.165, 1.54) is 16.9 Å². The molecule has 1 aromatic carbocycles. The van der Waals surface area contributed by atoms with Crippen molar-refractivity contribution >= 4 is 33.7 Å². The van der Waals surface area contributed by atoms with Crippen molar-refractivity contribution in [1.82, 2.24) is 9.80 Å². The number of ether oxygens (including phenoxy) is 1. The summed E-state index contributed by atoms with van der Waals surface area (Å²) in [5.74, 6) is -1.44. The summed E-state index contributed by atoms with van der Waals surface area (Å²) in [5.41, 5.74) is 0.400. The molecule has 0 spiro atoms. The monoisotopic (exact) mass is 412 g/mol. The van der Waals surface area contributed by atoms with E-state index in [0.29, 0.717) is 35.2 Å². The lowest BCUT2D eigenvalue weighted by Gasteiger charge is -2.32. The Morgan fingerprint density at radius 3 is 2.76 bits per heavy atom. The van der Waals surface area contributed by atoms with Crippen LogP contribution in [0.5, 0.6) is 5.75 Å². The second-order valence-electron chi connectivity index (χ2n) is 6.02. The smallest absolute Gasteiger partial charge is 0.308 e. The van der Waals surface area contributed by atoms with Crippen molar-refractivity contribution in [2.24, 2.45) is 5.92 Å². The van der Waals surface area contributed by atoms with Crippen LogP contribution in [0.15, 0.2) is 22.7 Å². The van der Waals surface area contributed by atoms with E-state index < -0.39 is 11.9 Å². The van der Waals surface area contributed by atoms with Crippen LogP contribution in [0.1, 0.15) is 23.2 Å². The molecule has 1 atom stereocenters. The summed E-state index contributed by atoms with van der Waals surface area (Å²) in [4.78, 5) is 39.0. The number of amides is 2. The third-order valence-electron chi connectivity index (χ3n) is 4.25. The molecule has 1 saturated heterocycles. The molecule has 7 nitrogen and oxygen atoms in total. The van der Waals surface area contributed by atoms with Gasteiger partial charge in [-0.05, 0) is 47.0 Å². The van der Waals surface area contributed by atoms with E-state index in [-0.39, 0.29) is 24.9 Å². The standard InChI is InChI=1S/C17H21BrN2O5/c1-19(16(22)13-8-12(25-2)5-6-14(13)18)10-15(21)20-7-3-4-11(9-20)17(23)24/h5-6,8,11H,3-4,7,9-10H2,1-2H3,(H,23,24). The van der Waals surface area contributed by atoms with Gasteiger partial charge in [0.05, 0.1) is 25.1 Å². The first kappa shape index (κ1) is 19.2. The number of carboxylic acids is 1. The maximum absolute atomic E-state index is 12.6. The first-order valence-corrected chi connectivity index (χ1v) is 8.72. The fraction of sp³-hybridized carbons (Fsp3) is 0.471. The molecule has 1 aliphatic rings. The van der Waals surface area contributed by atoms with Crippen LogP contribution in [-0.4, -0.2) is 66.5 Å². The quantitative estimate of drug-likeness (QED) is 0.797. The van der Waals surface area contributed by atoms with Gasteiger partial charge >= 0.3 is 5.97 Å². The van der Waals surface area contributed by atoms with Gasteiger partial charge in [0.25, 0.3) is 5.91 Å². The Morgan fingerprint density at radius 1 is 1.40 bits per heavy atom. The zero-order valence-electron chi connectivity index (χ0n) is 14.2. The molecule has 1 unspecified atom stereocenters. The number of benzene rings is 1. The van der Waals surface area contributed by atoms with Crippen molar-refractivity contribution in [3.05, 3.63) is 28.2 Å². The van der Waals surface area contributed by atoms with Crippen LogP contribution in [0.2, 0.25) is 0 Å². The topological polar surface area (TPSA) is 87.2 Å². The number of carboxylic acid groups (broad SMARTS) is 1. The van der Waals surface area contributed by atoms with Crippen LogP contribution in [0.25, 0.3) is 0 Å². The first-order chi connectivity index (χ1) is 11.8. The highest BCUT2D eigenvalue weighted by Gasteiger charge is 2.29. The SMILES string of the molecule is COc1ccc(Br)c(C(=O)N(C)CC(=O)N2CCCC(C(=O)O)C2)c1. The molecule has 1 fully saturated rings. The van der Waals surface area contributed by atoms with Crippen LogP contribution in [0.4, 0.5) is 0 Å². The van der Waals surface area contributed by atoms with Crippen molar-refractivity contribution in [1.29, 1.82) is 0 Å². The van der Waals surface area contributed by atoms with Crippen LogP contribution in [0.3, 0.4) is 0 Å². The maximum atomic E-state index is 12.6. The lowest BCUT2D eigenvalue weighted by Crippen LogP contribution is -2.46. The van der Waals surface area contributed by atoms with E-state index in [4.69, 9.17) is 9.84 Å². The number of hydrogen-bond donors (Lipinski definition) is 1. The van der Waals surface area contributed by atoms with Gasteiger partial charge in [-0.25, -0.2) is 0 Å². The highest BCUT2D eigenvalue weighted by molar-refractivity contribution is 9.10. The van der Waals surface area contributed by atoms with Crippen LogP contribution >= 0.6 is 15.9 Å². The Morgan fingerprint density at radius 2 is 2.12 bits per heavy atom. The summed E-state index contributed by atoms with van der Waals surface area (Å²) in [6, 6.07) is 5.05. The zero-order chi connectivity index (χ0) is 18.6. The lowest BCUT2D eigenvalue weighted by molar-refractivity contribution is -0.145. The average Bonchev–Trinajstić information content (AvgIpc) is 2.61. The molecule has 0 radical (unpaired) electrons. The number of aliphatic carboxylic acids is 1. The van der Waals surface area contributed by atoms with E-state index in [1.54, 1.807) is 25.2 Å². The number of rotatable bonds is 5. The Hall–Kier alpha value is -2.09. The number of hydrogen-bond acceptors (Lipinski definition) is 4. The Kier molecular flexibility index (Phi) is 6.41. The lowest BCUT2D eigenvalue weighted by atomic mass is 9.98. The average molecular weight is 413 g/mol. The van der Waals surface area contributed by atoms with E-state index in [1.807, 2.05) is 0 Å². The summed E-state index contributed by atoms with van der Waals surface area (Å²) < 4.78 is 5.74. The van der Waals surface area contributed by atoms with Crippen LogP contribution < -0.4 is 4.74 Å². The highest BCUT2D eigenvalue weighted by atomic mass is 79.9. The van der Waals surface area contributed by atoms with Gasteiger partial charge in [0.2, 0.25) is 5.91 Å². The van der Waals surface area contributed by atoms with E-state index in [2.05, 4.69) is 15.9 Å². The predicted molar refractivity (Wildman–Crippen MR) is 94.6 cm³/mol. The fourth-order valence-corrected chi connectivity index (χ4v) is 3.20. The molecule has 1 aromatic rings. The summed E-state index contributed by atoms with van der Waals surface area (Å²) in [7, 11) is 3.06. The van der Waals surface area contributed by atoms with E-state index in [9.17, 15) is 14.4 Å². The predicted octanol–water partition coefficient (Wildman–Crippen LogP) is 1.85. The van der Waals surface area contributed by atoms with Crippen molar-refractivity contribution < 1.29 is 24.2 Å². The van der Waals surface area contributed by atoms with Gasteiger partial charge in [-0.2, -0.15) is 0 Å². The molecule has 0 bridgehead atoms.